The molecule has 1 aromatic carbocycles. The van der Waals surface area contributed by atoms with Crippen molar-refractivity contribution in [1.29, 1.82) is 0 Å². The molecule has 7 nitrogen and oxygen atoms in total. The Kier molecular flexibility index (Phi) is 5.14. The number of benzene rings is 1. The fourth-order valence-corrected chi connectivity index (χ4v) is 3.88. The second-order valence-electron chi connectivity index (χ2n) is 6.57. The van der Waals surface area contributed by atoms with Gasteiger partial charge in [-0.25, -0.2) is 0 Å². The van der Waals surface area contributed by atoms with E-state index < -0.39 is 0 Å². The van der Waals surface area contributed by atoms with Gasteiger partial charge in [0.25, 0.3) is 0 Å². The van der Waals surface area contributed by atoms with Crippen LogP contribution >= 0.6 is 11.8 Å². The Hall–Kier alpha value is -3.65. The summed E-state index contributed by atoms with van der Waals surface area (Å²) in [5, 5.41) is 13.8. The van der Waals surface area contributed by atoms with Gasteiger partial charge >= 0.3 is 0 Å². The fourth-order valence-electron chi connectivity index (χ4n) is 3.07. The van der Waals surface area contributed by atoms with E-state index in [2.05, 4.69) is 37.0 Å². The third-order valence-electron chi connectivity index (χ3n) is 4.49. The number of hydrogen-bond donors (Lipinski definition) is 0. The minimum Gasteiger partial charge on any atom is -0.461 e. The molecule has 4 aromatic heterocycles. The van der Waals surface area contributed by atoms with E-state index in [1.807, 2.05) is 48.5 Å². The van der Waals surface area contributed by atoms with Gasteiger partial charge in [0, 0.05) is 29.8 Å². The number of pyridine rings is 1. The summed E-state index contributed by atoms with van der Waals surface area (Å²) in [5.41, 5.74) is 2.91. The van der Waals surface area contributed by atoms with Crippen molar-refractivity contribution in [3.63, 3.8) is 0 Å². The van der Waals surface area contributed by atoms with Crippen molar-refractivity contribution < 1.29 is 8.94 Å². The van der Waals surface area contributed by atoms with Crippen LogP contribution in [0, 0.1) is 0 Å². The second kappa shape index (κ2) is 8.38. The predicted octanol–water partition coefficient (Wildman–Crippen LogP) is 4.93. The third-order valence-corrected chi connectivity index (χ3v) is 5.49. The minimum atomic E-state index is 0.601. The zero-order valence-corrected chi connectivity index (χ0v) is 16.7. The Morgan fingerprint density at radius 2 is 1.87 bits per heavy atom. The highest BCUT2D eigenvalue weighted by atomic mass is 32.2. The average molecular weight is 415 g/mol. The van der Waals surface area contributed by atoms with Gasteiger partial charge in [-0.3, -0.25) is 9.55 Å². The molecule has 0 fully saturated rings. The highest BCUT2D eigenvalue weighted by Gasteiger charge is 2.16. The van der Waals surface area contributed by atoms with E-state index in [1.165, 1.54) is 5.56 Å². The molecule has 0 spiro atoms. The average Bonchev–Trinajstić information content (AvgIpc) is 3.55. The van der Waals surface area contributed by atoms with Gasteiger partial charge in [0.05, 0.1) is 18.5 Å². The predicted molar refractivity (Wildman–Crippen MR) is 113 cm³/mol. The Balaban J connectivity index is 1.41. The van der Waals surface area contributed by atoms with Crippen LogP contribution in [0.5, 0.6) is 0 Å². The zero-order valence-electron chi connectivity index (χ0n) is 15.9. The lowest BCUT2D eigenvalue weighted by Gasteiger charge is -2.10. The number of thioether (sulfide) groups is 1. The lowest BCUT2D eigenvalue weighted by Crippen LogP contribution is -2.04. The first-order valence-corrected chi connectivity index (χ1v) is 10.4. The molecule has 8 heteroatoms. The molecule has 5 rings (SSSR count). The minimum absolute atomic E-state index is 0.601. The standard InChI is InChI=1S/C22H17N5O2S/c1-2-6-16(7-3-1)14-27-21(17-8-4-10-23-13-17)24-25-22(27)30-15-18-12-20(29-26-18)19-9-5-11-28-19/h1-13H,14-15H2. The Morgan fingerprint density at radius 3 is 2.67 bits per heavy atom. The summed E-state index contributed by atoms with van der Waals surface area (Å²) in [4.78, 5) is 4.22. The zero-order chi connectivity index (χ0) is 20.2. The van der Waals surface area contributed by atoms with E-state index in [4.69, 9.17) is 8.94 Å². The molecule has 0 saturated carbocycles. The molecule has 0 saturated heterocycles. The van der Waals surface area contributed by atoms with Crippen LogP contribution in [0.4, 0.5) is 0 Å². The number of aromatic nitrogens is 5. The Labute approximate surface area is 176 Å². The largest absolute Gasteiger partial charge is 0.461 e. The Bertz CT molecular complexity index is 1220. The molecule has 0 bridgehead atoms. The lowest BCUT2D eigenvalue weighted by molar-refractivity contribution is 0.413. The monoisotopic (exact) mass is 415 g/mol. The van der Waals surface area contributed by atoms with Crippen LogP contribution in [-0.4, -0.2) is 24.9 Å². The molecule has 0 amide bonds. The van der Waals surface area contributed by atoms with E-state index >= 15 is 0 Å². The van der Waals surface area contributed by atoms with Crippen LogP contribution in [0.1, 0.15) is 11.3 Å². The number of hydrogen-bond acceptors (Lipinski definition) is 7. The maximum atomic E-state index is 5.39. The molecule has 4 heterocycles. The van der Waals surface area contributed by atoms with Crippen LogP contribution in [0.3, 0.4) is 0 Å². The summed E-state index contributed by atoms with van der Waals surface area (Å²) < 4.78 is 12.9. The van der Waals surface area contributed by atoms with Crippen molar-refractivity contribution in [1.82, 2.24) is 24.9 Å². The molecule has 0 N–H and O–H groups in total. The first-order chi connectivity index (χ1) is 14.9. The van der Waals surface area contributed by atoms with Crippen molar-refractivity contribution in [3.8, 4) is 22.9 Å². The summed E-state index contributed by atoms with van der Waals surface area (Å²) >= 11 is 1.56. The SMILES string of the molecule is c1ccc(Cn2c(SCc3cc(-c4ccco4)on3)nnc2-c2cccnc2)cc1. The maximum Gasteiger partial charge on any atom is 0.202 e. The molecule has 0 atom stereocenters. The summed E-state index contributed by atoms with van der Waals surface area (Å²) in [6, 6.07) is 19.7. The highest BCUT2D eigenvalue weighted by molar-refractivity contribution is 7.98. The van der Waals surface area contributed by atoms with Gasteiger partial charge in [0.2, 0.25) is 5.76 Å². The number of nitrogens with zero attached hydrogens (tertiary/aromatic N) is 5. The van der Waals surface area contributed by atoms with Crippen molar-refractivity contribution in [2.24, 2.45) is 0 Å². The maximum absolute atomic E-state index is 5.39. The van der Waals surface area contributed by atoms with E-state index in [0.29, 0.717) is 23.8 Å². The van der Waals surface area contributed by atoms with Crippen LogP contribution in [0.25, 0.3) is 22.9 Å². The van der Waals surface area contributed by atoms with Gasteiger partial charge in [-0.05, 0) is 29.8 Å². The van der Waals surface area contributed by atoms with E-state index in [-0.39, 0.29) is 0 Å². The summed E-state index contributed by atoms with van der Waals surface area (Å²) in [6.07, 6.45) is 5.16. The summed E-state index contributed by atoms with van der Waals surface area (Å²) in [6.45, 7) is 0.664. The number of furan rings is 1. The van der Waals surface area contributed by atoms with Crippen LogP contribution in [0.2, 0.25) is 0 Å². The number of rotatable bonds is 7. The fraction of sp³-hybridized carbons (Fsp3) is 0.0909. The molecule has 0 unspecified atom stereocenters. The van der Waals surface area contributed by atoms with E-state index in [9.17, 15) is 0 Å². The van der Waals surface area contributed by atoms with Crippen molar-refractivity contribution in [2.45, 2.75) is 17.5 Å². The molecule has 0 aliphatic rings. The quantitative estimate of drug-likeness (QED) is 0.349. The molecule has 0 aliphatic heterocycles. The van der Waals surface area contributed by atoms with Gasteiger partial charge in [-0.1, -0.05) is 47.3 Å². The third kappa shape index (κ3) is 3.90. The lowest BCUT2D eigenvalue weighted by atomic mass is 10.2. The van der Waals surface area contributed by atoms with Crippen molar-refractivity contribution in [3.05, 3.63) is 90.6 Å². The van der Waals surface area contributed by atoms with Gasteiger partial charge in [-0.15, -0.1) is 10.2 Å². The topological polar surface area (TPSA) is 82.8 Å². The highest BCUT2D eigenvalue weighted by Crippen LogP contribution is 2.28. The van der Waals surface area contributed by atoms with Crippen LogP contribution in [0.15, 0.2) is 93.4 Å². The Morgan fingerprint density at radius 1 is 0.933 bits per heavy atom. The summed E-state index contributed by atoms with van der Waals surface area (Å²) in [7, 11) is 0. The molecular weight excluding hydrogens is 398 g/mol. The first-order valence-electron chi connectivity index (χ1n) is 9.36. The van der Waals surface area contributed by atoms with Crippen molar-refractivity contribution in [2.75, 3.05) is 0 Å². The molecule has 30 heavy (non-hydrogen) atoms. The van der Waals surface area contributed by atoms with Gasteiger partial charge in [-0.2, -0.15) is 0 Å². The van der Waals surface area contributed by atoms with Crippen molar-refractivity contribution >= 4 is 11.8 Å². The van der Waals surface area contributed by atoms with Gasteiger partial charge < -0.3 is 8.94 Å². The van der Waals surface area contributed by atoms with Crippen LogP contribution < -0.4 is 0 Å². The molecule has 0 radical (unpaired) electrons. The van der Waals surface area contributed by atoms with Gasteiger partial charge in [0.15, 0.2) is 16.7 Å². The van der Waals surface area contributed by atoms with E-state index in [0.717, 1.165) is 22.2 Å². The molecular formula is C22H17N5O2S. The first kappa shape index (κ1) is 18.4. The molecule has 5 aromatic rings. The molecule has 148 valence electrons. The summed E-state index contributed by atoms with van der Waals surface area (Å²) in [5.74, 6) is 2.65. The normalized spacial score (nSPS) is 11.1. The van der Waals surface area contributed by atoms with E-state index in [1.54, 1.807) is 30.4 Å². The smallest absolute Gasteiger partial charge is 0.202 e. The molecule has 0 aliphatic carbocycles. The van der Waals surface area contributed by atoms with Gasteiger partial charge in [0.1, 0.15) is 0 Å². The van der Waals surface area contributed by atoms with Crippen LogP contribution in [-0.2, 0) is 12.3 Å². The second-order valence-corrected chi connectivity index (χ2v) is 7.51.